The van der Waals surface area contributed by atoms with Crippen molar-refractivity contribution in [3.05, 3.63) is 54.1 Å². The van der Waals surface area contributed by atoms with Crippen molar-refractivity contribution in [1.29, 1.82) is 0 Å². The number of nitrogens with one attached hydrogen (secondary N) is 1. The number of sulfonamides is 1. The van der Waals surface area contributed by atoms with Crippen LogP contribution in [-0.4, -0.2) is 34.0 Å². The van der Waals surface area contributed by atoms with Crippen LogP contribution in [0.15, 0.2) is 53.4 Å². The van der Waals surface area contributed by atoms with Crippen LogP contribution in [0.25, 0.3) is 0 Å². The molecule has 1 aliphatic heterocycles. The molecule has 1 aliphatic rings. The lowest BCUT2D eigenvalue weighted by Gasteiger charge is -2.19. The number of fused-ring (bicyclic) bond motifs is 1. The first-order valence-corrected chi connectivity index (χ1v) is 10.9. The minimum absolute atomic E-state index is 0.0936. The number of rotatable bonds is 8. The zero-order valence-corrected chi connectivity index (χ0v) is 17.0. The van der Waals surface area contributed by atoms with Gasteiger partial charge in [-0.05, 0) is 54.7 Å². The van der Waals surface area contributed by atoms with Gasteiger partial charge in [-0.15, -0.1) is 0 Å². The van der Waals surface area contributed by atoms with Gasteiger partial charge in [0, 0.05) is 13.1 Å². The van der Waals surface area contributed by atoms with Crippen molar-refractivity contribution in [2.75, 3.05) is 24.0 Å². The van der Waals surface area contributed by atoms with Crippen molar-refractivity contribution in [2.24, 2.45) is 5.92 Å². The molecule has 7 heteroatoms. The summed E-state index contributed by atoms with van der Waals surface area (Å²) in [6.07, 6.45) is 1.63. The highest BCUT2D eigenvalue weighted by atomic mass is 32.2. The zero-order valence-electron chi connectivity index (χ0n) is 16.2. The van der Waals surface area contributed by atoms with E-state index in [1.807, 2.05) is 24.3 Å². The molecule has 1 amide bonds. The fourth-order valence-corrected chi connectivity index (χ4v) is 4.60. The molecule has 0 bridgehead atoms. The molecule has 0 aromatic heterocycles. The number of benzene rings is 2. The Labute approximate surface area is 166 Å². The van der Waals surface area contributed by atoms with E-state index in [2.05, 4.69) is 19.2 Å². The van der Waals surface area contributed by atoms with Gasteiger partial charge >= 0.3 is 0 Å². The Kier molecular flexibility index (Phi) is 6.24. The highest BCUT2D eigenvalue weighted by molar-refractivity contribution is 7.92. The van der Waals surface area contributed by atoms with Crippen molar-refractivity contribution in [3.8, 4) is 5.75 Å². The molecule has 2 aromatic rings. The SMILES string of the molecule is CC(C)CCNC(=O)COc1ccc(S(=O)(=O)N2CCc3ccccc32)cc1. The molecule has 0 saturated carbocycles. The van der Waals surface area contributed by atoms with E-state index < -0.39 is 10.0 Å². The van der Waals surface area contributed by atoms with Crippen LogP contribution in [0.1, 0.15) is 25.8 Å². The quantitative estimate of drug-likeness (QED) is 0.737. The number of amides is 1. The Morgan fingerprint density at radius 2 is 1.86 bits per heavy atom. The minimum atomic E-state index is -3.62. The summed E-state index contributed by atoms with van der Waals surface area (Å²) in [4.78, 5) is 12.0. The number of anilines is 1. The molecule has 6 nitrogen and oxygen atoms in total. The van der Waals surface area contributed by atoms with E-state index >= 15 is 0 Å². The Morgan fingerprint density at radius 1 is 1.14 bits per heavy atom. The molecule has 0 aliphatic carbocycles. The van der Waals surface area contributed by atoms with Crippen LogP contribution in [0.3, 0.4) is 0 Å². The summed E-state index contributed by atoms with van der Waals surface area (Å²) >= 11 is 0. The van der Waals surface area contributed by atoms with E-state index in [4.69, 9.17) is 4.74 Å². The van der Waals surface area contributed by atoms with Crippen molar-refractivity contribution in [1.82, 2.24) is 5.32 Å². The largest absolute Gasteiger partial charge is 0.484 e. The first-order valence-electron chi connectivity index (χ1n) is 9.48. The lowest BCUT2D eigenvalue weighted by Crippen LogP contribution is -2.30. The van der Waals surface area contributed by atoms with E-state index in [9.17, 15) is 13.2 Å². The van der Waals surface area contributed by atoms with Crippen LogP contribution in [0, 0.1) is 5.92 Å². The summed E-state index contributed by atoms with van der Waals surface area (Å²) in [5.74, 6) is 0.795. The molecule has 0 atom stereocenters. The van der Waals surface area contributed by atoms with E-state index in [1.54, 1.807) is 12.1 Å². The predicted molar refractivity (Wildman–Crippen MR) is 109 cm³/mol. The molecule has 3 rings (SSSR count). The van der Waals surface area contributed by atoms with Crippen molar-refractivity contribution in [2.45, 2.75) is 31.6 Å². The second-order valence-electron chi connectivity index (χ2n) is 7.25. The van der Waals surface area contributed by atoms with Crippen LogP contribution in [0.4, 0.5) is 5.69 Å². The lowest BCUT2D eigenvalue weighted by atomic mass is 10.1. The molecule has 28 heavy (non-hydrogen) atoms. The van der Waals surface area contributed by atoms with E-state index in [0.29, 0.717) is 31.2 Å². The second kappa shape index (κ2) is 8.65. The van der Waals surface area contributed by atoms with Gasteiger partial charge in [0.25, 0.3) is 15.9 Å². The average molecular weight is 403 g/mol. The van der Waals surface area contributed by atoms with Gasteiger partial charge in [0.2, 0.25) is 0 Å². The molecule has 1 N–H and O–H groups in total. The molecule has 0 fully saturated rings. The normalized spacial score (nSPS) is 13.5. The topological polar surface area (TPSA) is 75.7 Å². The number of carbonyl (C=O) groups is 1. The summed E-state index contributed by atoms with van der Waals surface area (Å²) in [6, 6.07) is 13.7. The summed E-state index contributed by atoms with van der Waals surface area (Å²) in [5.41, 5.74) is 1.77. The van der Waals surface area contributed by atoms with Gasteiger partial charge in [-0.2, -0.15) is 0 Å². The molecule has 0 spiro atoms. The minimum Gasteiger partial charge on any atom is -0.484 e. The number of hydrogen-bond donors (Lipinski definition) is 1. The van der Waals surface area contributed by atoms with Gasteiger partial charge in [0.15, 0.2) is 6.61 Å². The maximum atomic E-state index is 13.0. The standard InChI is InChI=1S/C21H26N2O4S/c1-16(2)11-13-22-21(24)15-27-18-7-9-19(10-8-18)28(25,26)23-14-12-17-5-3-4-6-20(17)23/h3-10,16H,11-15H2,1-2H3,(H,22,24). The van der Waals surface area contributed by atoms with E-state index in [-0.39, 0.29) is 17.4 Å². The average Bonchev–Trinajstić information content (AvgIpc) is 3.11. The maximum Gasteiger partial charge on any atom is 0.264 e. The Bertz CT molecular complexity index is 924. The Balaban J connectivity index is 1.60. The van der Waals surface area contributed by atoms with Crippen molar-refractivity contribution < 1.29 is 17.9 Å². The van der Waals surface area contributed by atoms with Crippen LogP contribution >= 0.6 is 0 Å². The summed E-state index contributed by atoms with van der Waals surface area (Å²) in [6.45, 7) is 5.16. The van der Waals surface area contributed by atoms with Gasteiger partial charge in [-0.1, -0.05) is 32.0 Å². The monoisotopic (exact) mass is 402 g/mol. The third kappa shape index (κ3) is 4.65. The molecule has 0 saturated heterocycles. The number of carbonyl (C=O) groups excluding carboxylic acids is 1. The number of ether oxygens (including phenoxy) is 1. The Morgan fingerprint density at radius 3 is 2.57 bits per heavy atom. The molecular weight excluding hydrogens is 376 g/mol. The first-order chi connectivity index (χ1) is 13.4. The summed E-state index contributed by atoms with van der Waals surface area (Å²) in [5, 5.41) is 2.80. The van der Waals surface area contributed by atoms with Gasteiger partial charge in [0.1, 0.15) is 5.75 Å². The van der Waals surface area contributed by atoms with Crippen LogP contribution in [0.2, 0.25) is 0 Å². The Hall–Kier alpha value is -2.54. The van der Waals surface area contributed by atoms with E-state index in [0.717, 1.165) is 17.7 Å². The van der Waals surface area contributed by atoms with Crippen LogP contribution in [0.5, 0.6) is 5.75 Å². The summed E-state index contributed by atoms with van der Waals surface area (Å²) in [7, 11) is -3.62. The van der Waals surface area contributed by atoms with Gasteiger partial charge in [-0.3, -0.25) is 9.10 Å². The highest BCUT2D eigenvalue weighted by Gasteiger charge is 2.30. The number of hydrogen-bond acceptors (Lipinski definition) is 4. The van der Waals surface area contributed by atoms with Gasteiger partial charge < -0.3 is 10.1 Å². The second-order valence-corrected chi connectivity index (χ2v) is 9.11. The predicted octanol–water partition coefficient (Wildman–Crippen LogP) is 2.98. The first kappa shape index (κ1) is 20.2. The molecular formula is C21H26N2O4S. The number of nitrogens with zero attached hydrogens (tertiary/aromatic N) is 1. The molecule has 150 valence electrons. The maximum absolute atomic E-state index is 13.0. The van der Waals surface area contributed by atoms with Gasteiger partial charge in [-0.25, -0.2) is 8.42 Å². The smallest absolute Gasteiger partial charge is 0.264 e. The van der Waals surface area contributed by atoms with Crippen molar-refractivity contribution >= 4 is 21.6 Å². The zero-order chi connectivity index (χ0) is 20.1. The number of para-hydroxylation sites is 1. The fourth-order valence-electron chi connectivity index (χ4n) is 3.09. The highest BCUT2D eigenvalue weighted by Crippen LogP contribution is 2.32. The molecule has 2 aromatic carbocycles. The van der Waals surface area contributed by atoms with Crippen molar-refractivity contribution in [3.63, 3.8) is 0 Å². The summed E-state index contributed by atoms with van der Waals surface area (Å²) < 4.78 is 32.8. The molecule has 1 heterocycles. The van der Waals surface area contributed by atoms with Gasteiger partial charge in [0.05, 0.1) is 10.6 Å². The van der Waals surface area contributed by atoms with Crippen LogP contribution < -0.4 is 14.4 Å². The van der Waals surface area contributed by atoms with E-state index in [1.165, 1.54) is 16.4 Å². The lowest BCUT2D eigenvalue weighted by molar-refractivity contribution is -0.123. The molecule has 0 radical (unpaired) electrons. The fraction of sp³-hybridized carbons (Fsp3) is 0.381. The third-order valence-electron chi connectivity index (χ3n) is 4.67. The third-order valence-corrected chi connectivity index (χ3v) is 6.50. The van der Waals surface area contributed by atoms with Crippen LogP contribution in [-0.2, 0) is 21.2 Å². The molecule has 0 unspecified atom stereocenters.